The molecule has 3 atom stereocenters. The molecule has 0 aromatic heterocycles. The van der Waals surface area contributed by atoms with Gasteiger partial charge in [0.25, 0.3) is 0 Å². The summed E-state index contributed by atoms with van der Waals surface area (Å²) in [7, 11) is 0. The topological polar surface area (TPSA) is 35.5 Å². The van der Waals surface area contributed by atoms with Gasteiger partial charge < -0.3 is 15.3 Å². The summed E-state index contributed by atoms with van der Waals surface area (Å²) in [6.07, 6.45) is -4.40. The van der Waals surface area contributed by atoms with Gasteiger partial charge in [0, 0.05) is 25.6 Å². The van der Waals surface area contributed by atoms with Crippen molar-refractivity contribution in [1.29, 1.82) is 0 Å². The van der Waals surface area contributed by atoms with E-state index < -0.39 is 18.2 Å². The first-order chi connectivity index (χ1) is 8.80. The molecule has 0 radical (unpaired) electrons. The molecule has 0 aromatic rings. The van der Waals surface area contributed by atoms with Gasteiger partial charge in [0.05, 0.1) is 0 Å². The quantitative estimate of drug-likeness (QED) is 0.824. The van der Waals surface area contributed by atoms with Gasteiger partial charge in [-0.15, -0.1) is 0 Å². The molecular formula is C13H23F3N2O. The summed E-state index contributed by atoms with van der Waals surface area (Å²) < 4.78 is 37.7. The van der Waals surface area contributed by atoms with Gasteiger partial charge in [-0.2, -0.15) is 13.2 Å². The van der Waals surface area contributed by atoms with Crippen molar-refractivity contribution in [2.45, 2.75) is 38.5 Å². The van der Waals surface area contributed by atoms with Gasteiger partial charge in [-0.1, -0.05) is 6.92 Å². The summed E-state index contributed by atoms with van der Waals surface area (Å²) in [5.41, 5.74) is 0.158. The normalized spacial score (nSPS) is 35.5. The SMILES string of the molecule is CC1(CN2CCCC(C(O)C(F)(F)F)C2)CCNC1. The molecule has 2 heterocycles. The fourth-order valence-corrected chi connectivity index (χ4v) is 3.30. The Balaban J connectivity index is 1.90. The number of aliphatic hydroxyl groups excluding tert-OH is 1. The maximum atomic E-state index is 12.6. The second kappa shape index (κ2) is 5.58. The van der Waals surface area contributed by atoms with Gasteiger partial charge in [0.2, 0.25) is 0 Å². The molecule has 0 saturated carbocycles. The van der Waals surface area contributed by atoms with E-state index >= 15 is 0 Å². The third kappa shape index (κ3) is 3.83. The molecule has 3 unspecified atom stereocenters. The Morgan fingerprint density at radius 2 is 2.21 bits per heavy atom. The van der Waals surface area contributed by atoms with Crippen LogP contribution in [0.1, 0.15) is 26.2 Å². The molecule has 112 valence electrons. The largest absolute Gasteiger partial charge is 0.414 e. The Kier molecular flexibility index (Phi) is 4.42. The lowest BCUT2D eigenvalue weighted by Crippen LogP contribution is -2.48. The Labute approximate surface area is 112 Å². The van der Waals surface area contributed by atoms with Crippen molar-refractivity contribution in [2.24, 2.45) is 11.3 Å². The van der Waals surface area contributed by atoms with Crippen molar-refractivity contribution in [3.05, 3.63) is 0 Å². The van der Waals surface area contributed by atoms with Crippen LogP contribution in [0.3, 0.4) is 0 Å². The Morgan fingerprint density at radius 3 is 2.79 bits per heavy atom. The van der Waals surface area contributed by atoms with E-state index in [1.807, 2.05) is 0 Å². The van der Waals surface area contributed by atoms with Crippen molar-refractivity contribution in [2.75, 3.05) is 32.7 Å². The highest BCUT2D eigenvalue weighted by Crippen LogP contribution is 2.33. The molecule has 2 fully saturated rings. The van der Waals surface area contributed by atoms with Crippen LogP contribution in [0.2, 0.25) is 0 Å². The number of halogens is 3. The van der Waals surface area contributed by atoms with Crippen molar-refractivity contribution in [1.82, 2.24) is 10.2 Å². The molecule has 2 aliphatic heterocycles. The number of rotatable bonds is 3. The van der Waals surface area contributed by atoms with Gasteiger partial charge >= 0.3 is 6.18 Å². The van der Waals surface area contributed by atoms with Crippen LogP contribution in [0.15, 0.2) is 0 Å². The van der Waals surface area contributed by atoms with Crippen molar-refractivity contribution >= 4 is 0 Å². The minimum atomic E-state index is -4.49. The fourth-order valence-electron chi connectivity index (χ4n) is 3.30. The molecule has 0 aliphatic carbocycles. The highest BCUT2D eigenvalue weighted by Gasteiger charge is 2.45. The van der Waals surface area contributed by atoms with E-state index in [9.17, 15) is 18.3 Å². The van der Waals surface area contributed by atoms with Crippen molar-refractivity contribution in [3.8, 4) is 0 Å². The zero-order chi connectivity index (χ0) is 14.1. The molecular weight excluding hydrogens is 257 g/mol. The van der Waals surface area contributed by atoms with Crippen LogP contribution in [0.25, 0.3) is 0 Å². The molecule has 2 saturated heterocycles. The summed E-state index contributed by atoms with van der Waals surface area (Å²) in [4.78, 5) is 2.09. The summed E-state index contributed by atoms with van der Waals surface area (Å²) in [6, 6.07) is 0. The second-order valence-corrected chi connectivity index (χ2v) is 6.36. The molecule has 0 amide bonds. The molecule has 19 heavy (non-hydrogen) atoms. The molecule has 0 spiro atoms. The molecule has 2 aliphatic rings. The summed E-state index contributed by atoms with van der Waals surface area (Å²) in [6.45, 7) is 6.11. The standard InChI is InChI=1S/C13H23F3N2O/c1-12(4-5-17-8-12)9-18-6-2-3-10(7-18)11(19)13(14,15)16/h10-11,17,19H,2-9H2,1H3. The number of nitrogens with zero attached hydrogens (tertiary/aromatic N) is 1. The monoisotopic (exact) mass is 280 g/mol. The lowest BCUT2D eigenvalue weighted by molar-refractivity contribution is -0.223. The predicted octanol–water partition coefficient (Wildman–Crippen LogP) is 1.62. The molecule has 6 heteroatoms. The number of alkyl halides is 3. The van der Waals surface area contributed by atoms with Crippen LogP contribution in [0, 0.1) is 11.3 Å². The number of aliphatic hydroxyl groups is 1. The average Bonchev–Trinajstić information content (AvgIpc) is 2.74. The Hall–Kier alpha value is -0.330. The highest BCUT2D eigenvalue weighted by atomic mass is 19.4. The molecule has 0 aromatic carbocycles. The fraction of sp³-hybridized carbons (Fsp3) is 1.00. The lowest BCUT2D eigenvalue weighted by Gasteiger charge is -2.39. The third-order valence-electron chi connectivity index (χ3n) is 4.39. The van der Waals surface area contributed by atoms with Crippen LogP contribution >= 0.6 is 0 Å². The first-order valence-electron chi connectivity index (χ1n) is 6.98. The summed E-state index contributed by atoms with van der Waals surface area (Å²) >= 11 is 0. The van der Waals surface area contributed by atoms with Crippen molar-refractivity contribution < 1.29 is 18.3 Å². The van der Waals surface area contributed by atoms with E-state index in [2.05, 4.69) is 17.1 Å². The third-order valence-corrected chi connectivity index (χ3v) is 4.39. The molecule has 2 rings (SSSR count). The van der Waals surface area contributed by atoms with E-state index in [4.69, 9.17) is 0 Å². The highest BCUT2D eigenvalue weighted by molar-refractivity contribution is 4.89. The van der Waals surface area contributed by atoms with Gasteiger partial charge in [-0.25, -0.2) is 0 Å². The number of piperidine rings is 1. The summed E-state index contributed by atoms with van der Waals surface area (Å²) in [5, 5.41) is 12.7. The predicted molar refractivity (Wildman–Crippen MR) is 66.8 cm³/mol. The first-order valence-corrected chi connectivity index (χ1v) is 6.98. The molecule has 0 bridgehead atoms. The smallest absolute Gasteiger partial charge is 0.383 e. The van der Waals surface area contributed by atoms with E-state index in [0.29, 0.717) is 13.0 Å². The zero-order valence-electron chi connectivity index (χ0n) is 11.3. The van der Waals surface area contributed by atoms with Gasteiger partial charge in [0.15, 0.2) is 6.10 Å². The lowest BCUT2D eigenvalue weighted by atomic mass is 9.86. The second-order valence-electron chi connectivity index (χ2n) is 6.36. The number of hydrogen-bond donors (Lipinski definition) is 2. The van der Waals surface area contributed by atoms with Crippen molar-refractivity contribution in [3.63, 3.8) is 0 Å². The minimum absolute atomic E-state index is 0.158. The minimum Gasteiger partial charge on any atom is -0.383 e. The Bertz CT molecular complexity index is 303. The number of hydrogen-bond acceptors (Lipinski definition) is 3. The van der Waals surface area contributed by atoms with Crippen LogP contribution in [-0.4, -0.2) is 55.0 Å². The van der Waals surface area contributed by atoms with E-state index in [1.165, 1.54) is 0 Å². The first kappa shape index (κ1) is 15.1. The van der Waals surface area contributed by atoms with Gasteiger partial charge in [0.1, 0.15) is 0 Å². The van der Waals surface area contributed by atoms with Crippen LogP contribution in [-0.2, 0) is 0 Å². The number of likely N-dealkylation sites (tertiary alicyclic amines) is 1. The molecule has 3 nitrogen and oxygen atoms in total. The number of nitrogens with one attached hydrogen (secondary N) is 1. The molecule has 2 N–H and O–H groups in total. The van der Waals surface area contributed by atoms with Gasteiger partial charge in [-0.05, 0) is 37.8 Å². The summed E-state index contributed by atoms with van der Waals surface area (Å²) in [5.74, 6) is -0.674. The maximum Gasteiger partial charge on any atom is 0.414 e. The maximum absolute atomic E-state index is 12.6. The van der Waals surface area contributed by atoms with Crippen LogP contribution < -0.4 is 5.32 Å². The van der Waals surface area contributed by atoms with Crippen LogP contribution in [0.5, 0.6) is 0 Å². The van der Waals surface area contributed by atoms with Crippen LogP contribution in [0.4, 0.5) is 13.2 Å². The van der Waals surface area contributed by atoms with E-state index in [0.717, 1.165) is 39.0 Å². The Morgan fingerprint density at radius 1 is 1.47 bits per heavy atom. The van der Waals surface area contributed by atoms with E-state index in [1.54, 1.807) is 0 Å². The van der Waals surface area contributed by atoms with E-state index in [-0.39, 0.29) is 5.41 Å². The average molecular weight is 280 g/mol. The van der Waals surface area contributed by atoms with Gasteiger partial charge in [-0.3, -0.25) is 0 Å². The zero-order valence-corrected chi connectivity index (χ0v) is 11.3.